The Balaban J connectivity index is 2.27. The van der Waals surface area contributed by atoms with Gasteiger partial charge < -0.3 is 5.32 Å². The van der Waals surface area contributed by atoms with Gasteiger partial charge >= 0.3 is 0 Å². The van der Waals surface area contributed by atoms with Crippen LogP contribution in [-0.2, 0) is 6.54 Å². The van der Waals surface area contributed by atoms with Gasteiger partial charge in [-0.25, -0.2) is 0 Å². The third-order valence-electron chi connectivity index (χ3n) is 4.77. The average molecular weight is 298 g/mol. The predicted molar refractivity (Wildman–Crippen MR) is 85.3 cm³/mol. The highest BCUT2D eigenvalue weighted by Crippen LogP contribution is 2.43. The lowest BCUT2D eigenvalue weighted by atomic mass is 9.71. The van der Waals surface area contributed by atoms with Gasteiger partial charge in [-0.05, 0) is 44.7 Å². The second-order valence-electron chi connectivity index (χ2n) is 6.11. The maximum absolute atomic E-state index is 6.47. The van der Waals surface area contributed by atoms with Crippen molar-refractivity contribution in [2.75, 3.05) is 13.6 Å². The topological polar surface area (TPSA) is 29.9 Å². The fourth-order valence-electron chi connectivity index (χ4n) is 3.66. The number of nitrogens with one attached hydrogen (secondary N) is 1. The summed E-state index contributed by atoms with van der Waals surface area (Å²) < 4.78 is 2.15. The zero-order valence-electron chi connectivity index (χ0n) is 13.0. The number of halogens is 1. The Kier molecular flexibility index (Phi) is 5.91. The van der Waals surface area contributed by atoms with Crippen LogP contribution in [0.25, 0.3) is 0 Å². The highest BCUT2D eigenvalue weighted by Gasteiger charge is 2.33. The first-order chi connectivity index (χ1) is 9.71. The quantitative estimate of drug-likeness (QED) is 0.857. The van der Waals surface area contributed by atoms with Crippen LogP contribution < -0.4 is 5.32 Å². The summed E-state index contributed by atoms with van der Waals surface area (Å²) in [5, 5.41) is 8.71. The van der Waals surface area contributed by atoms with Crippen molar-refractivity contribution in [3.63, 3.8) is 0 Å². The van der Waals surface area contributed by atoms with Gasteiger partial charge in [0.05, 0.1) is 16.9 Å². The van der Waals surface area contributed by atoms with Gasteiger partial charge in [0.15, 0.2) is 0 Å². The van der Waals surface area contributed by atoms with Crippen LogP contribution in [0.5, 0.6) is 0 Å². The highest BCUT2D eigenvalue weighted by molar-refractivity contribution is 6.31. The number of nitrogens with zero attached hydrogens (tertiary/aromatic N) is 2. The molecule has 0 aliphatic heterocycles. The van der Waals surface area contributed by atoms with Gasteiger partial charge in [0.1, 0.15) is 0 Å². The second-order valence-corrected chi connectivity index (χ2v) is 6.52. The summed E-state index contributed by atoms with van der Waals surface area (Å²) >= 11 is 6.47. The van der Waals surface area contributed by atoms with Crippen LogP contribution in [0.15, 0.2) is 6.20 Å². The minimum absolute atomic E-state index is 0.558. The molecule has 1 N–H and O–H groups in total. The van der Waals surface area contributed by atoms with Crippen molar-refractivity contribution < 1.29 is 0 Å². The standard InChI is InChI=1S/C16H28ClN3/c1-4-8-20-16(15(17)11-19-20)14-9-12(5-2)6-7-13(14)10-18-3/h11-14,18H,4-10H2,1-3H3. The summed E-state index contributed by atoms with van der Waals surface area (Å²) in [6, 6.07) is 0. The molecule has 1 fully saturated rings. The minimum Gasteiger partial charge on any atom is -0.319 e. The lowest BCUT2D eigenvalue weighted by Gasteiger charge is -2.36. The first-order valence-corrected chi connectivity index (χ1v) is 8.44. The lowest BCUT2D eigenvalue weighted by molar-refractivity contribution is 0.220. The van der Waals surface area contributed by atoms with Crippen molar-refractivity contribution in [1.82, 2.24) is 15.1 Å². The van der Waals surface area contributed by atoms with E-state index < -0.39 is 0 Å². The largest absolute Gasteiger partial charge is 0.319 e. The molecule has 3 atom stereocenters. The molecule has 114 valence electrons. The Bertz CT molecular complexity index is 416. The molecule has 0 spiro atoms. The van der Waals surface area contributed by atoms with E-state index >= 15 is 0 Å². The van der Waals surface area contributed by atoms with Crippen LogP contribution >= 0.6 is 11.6 Å². The maximum atomic E-state index is 6.47. The van der Waals surface area contributed by atoms with Gasteiger partial charge in [0.2, 0.25) is 0 Å². The molecule has 0 bridgehead atoms. The maximum Gasteiger partial charge on any atom is 0.0820 e. The molecule has 0 radical (unpaired) electrons. The summed E-state index contributed by atoms with van der Waals surface area (Å²) in [5.74, 6) is 2.09. The molecular formula is C16H28ClN3. The number of aryl methyl sites for hydroxylation is 1. The van der Waals surface area contributed by atoms with Crippen molar-refractivity contribution in [2.45, 2.75) is 58.4 Å². The van der Waals surface area contributed by atoms with Gasteiger partial charge in [-0.1, -0.05) is 38.3 Å². The second kappa shape index (κ2) is 7.46. The number of hydrogen-bond acceptors (Lipinski definition) is 2. The fourth-order valence-corrected chi connectivity index (χ4v) is 3.94. The summed E-state index contributed by atoms with van der Waals surface area (Å²) in [7, 11) is 2.05. The van der Waals surface area contributed by atoms with E-state index in [1.807, 2.05) is 13.2 Å². The molecule has 1 saturated carbocycles. The monoisotopic (exact) mass is 297 g/mol. The SMILES string of the molecule is CCCn1ncc(Cl)c1C1CC(CC)CCC1CNC. The number of aromatic nitrogens is 2. The summed E-state index contributed by atoms with van der Waals surface area (Å²) in [4.78, 5) is 0. The van der Waals surface area contributed by atoms with Crippen LogP contribution in [0, 0.1) is 11.8 Å². The molecule has 20 heavy (non-hydrogen) atoms. The van der Waals surface area contributed by atoms with E-state index in [0.29, 0.717) is 11.8 Å². The molecule has 2 rings (SSSR count). The number of hydrogen-bond donors (Lipinski definition) is 1. The molecule has 1 heterocycles. The highest BCUT2D eigenvalue weighted by atomic mass is 35.5. The Labute approximate surface area is 128 Å². The van der Waals surface area contributed by atoms with E-state index in [0.717, 1.165) is 30.5 Å². The molecule has 1 aliphatic carbocycles. The number of rotatable bonds is 6. The van der Waals surface area contributed by atoms with Crippen molar-refractivity contribution in [2.24, 2.45) is 11.8 Å². The molecule has 0 aromatic carbocycles. The van der Waals surface area contributed by atoms with Crippen LogP contribution in [0.3, 0.4) is 0 Å². The third-order valence-corrected chi connectivity index (χ3v) is 5.06. The fraction of sp³-hybridized carbons (Fsp3) is 0.812. The molecule has 0 amide bonds. The van der Waals surface area contributed by atoms with Gasteiger partial charge in [0.25, 0.3) is 0 Å². The van der Waals surface area contributed by atoms with Gasteiger partial charge in [-0.2, -0.15) is 5.10 Å². The zero-order valence-corrected chi connectivity index (χ0v) is 13.8. The Morgan fingerprint density at radius 1 is 1.40 bits per heavy atom. The van der Waals surface area contributed by atoms with Gasteiger partial charge in [0, 0.05) is 12.5 Å². The first-order valence-electron chi connectivity index (χ1n) is 8.06. The molecule has 1 aromatic rings. The first kappa shape index (κ1) is 15.8. The van der Waals surface area contributed by atoms with Crippen LogP contribution in [-0.4, -0.2) is 23.4 Å². The molecule has 3 nitrogen and oxygen atoms in total. The predicted octanol–water partition coefficient (Wildman–Crippen LogP) is 4.08. The average Bonchev–Trinajstić information content (AvgIpc) is 2.81. The molecule has 3 unspecified atom stereocenters. The van der Waals surface area contributed by atoms with Crippen molar-refractivity contribution in [3.05, 3.63) is 16.9 Å². The normalized spacial score (nSPS) is 26.9. The van der Waals surface area contributed by atoms with Gasteiger partial charge in [-0.3, -0.25) is 4.68 Å². The van der Waals surface area contributed by atoms with Crippen molar-refractivity contribution in [3.8, 4) is 0 Å². The molecule has 1 aromatic heterocycles. The van der Waals surface area contributed by atoms with Gasteiger partial charge in [-0.15, -0.1) is 0 Å². The molecular weight excluding hydrogens is 270 g/mol. The lowest BCUT2D eigenvalue weighted by Crippen LogP contribution is -2.32. The van der Waals surface area contributed by atoms with Crippen molar-refractivity contribution in [1.29, 1.82) is 0 Å². The van der Waals surface area contributed by atoms with E-state index in [1.54, 1.807) is 0 Å². The summed E-state index contributed by atoms with van der Waals surface area (Å²) in [5.41, 5.74) is 1.28. The van der Waals surface area contributed by atoms with E-state index in [9.17, 15) is 0 Å². The summed E-state index contributed by atoms with van der Waals surface area (Å²) in [6.07, 6.45) is 8.14. The zero-order chi connectivity index (χ0) is 14.5. The smallest absolute Gasteiger partial charge is 0.0820 e. The Morgan fingerprint density at radius 3 is 2.85 bits per heavy atom. The van der Waals surface area contributed by atoms with E-state index in [4.69, 9.17) is 11.6 Å². The molecule has 0 saturated heterocycles. The summed E-state index contributed by atoms with van der Waals surface area (Å²) in [6.45, 7) is 6.56. The van der Waals surface area contributed by atoms with Crippen LogP contribution in [0.2, 0.25) is 5.02 Å². The molecule has 4 heteroatoms. The third kappa shape index (κ3) is 3.37. The van der Waals surface area contributed by atoms with E-state index in [-0.39, 0.29) is 0 Å². The van der Waals surface area contributed by atoms with Crippen LogP contribution in [0.4, 0.5) is 0 Å². The van der Waals surface area contributed by atoms with Crippen LogP contribution in [0.1, 0.15) is 57.6 Å². The minimum atomic E-state index is 0.558. The molecule has 1 aliphatic rings. The Hall–Kier alpha value is -0.540. The van der Waals surface area contributed by atoms with E-state index in [1.165, 1.54) is 31.4 Å². The Morgan fingerprint density at radius 2 is 2.20 bits per heavy atom. The van der Waals surface area contributed by atoms with Crippen molar-refractivity contribution >= 4 is 11.6 Å². The van der Waals surface area contributed by atoms with E-state index in [2.05, 4.69) is 28.9 Å².